The standard InChI is InChI=1S/C22H22N2O/c25-22(14-13-19-10-7-15-23-17-19)24-21(20-11-5-2-6-12-20)16-18-8-3-1-4-9-18/h1-12,15,17,21H,13-14,16H2,(H,24,25). The fourth-order valence-electron chi connectivity index (χ4n) is 2.86. The van der Waals surface area contributed by atoms with Crippen LogP contribution in [0.3, 0.4) is 0 Å². The molecule has 0 aliphatic carbocycles. The molecular formula is C22H22N2O. The van der Waals surface area contributed by atoms with Crippen molar-refractivity contribution in [2.24, 2.45) is 0 Å². The Morgan fingerprint density at radius 3 is 2.24 bits per heavy atom. The molecule has 0 saturated carbocycles. The Morgan fingerprint density at radius 1 is 0.880 bits per heavy atom. The molecule has 3 heteroatoms. The van der Waals surface area contributed by atoms with E-state index in [1.165, 1.54) is 5.56 Å². The summed E-state index contributed by atoms with van der Waals surface area (Å²) < 4.78 is 0. The van der Waals surface area contributed by atoms with E-state index in [1.54, 1.807) is 6.20 Å². The lowest BCUT2D eigenvalue weighted by Gasteiger charge is -2.19. The predicted octanol–water partition coefficient (Wildman–Crippen LogP) is 4.11. The van der Waals surface area contributed by atoms with Gasteiger partial charge in [0.05, 0.1) is 6.04 Å². The van der Waals surface area contributed by atoms with E-state index < -0.39 is 0 Å². The highest BCUT2D eigenvalue weighted by atomic mass is 16.1. The molecule has 0 saturated heterocycles. The predicted molar refractivity (Wildman–Crippen MR) is 100 cm³/mol. The third kappa shape index (κ3) is 5.28. The van der Waals surface area contributed by atoms with Gasteiger partial charge in [0.15, 0.2) is 0 Å². The first-order valence-corrected chi connectivity index (χ1v) is 8.58. The van der Waals surface area contributed by atoms with Gasteiger partial charge in [0.25, 0.3) is 0 Å². The van der Waals surface area contributed by atoms with Crippen LogP contribution in [-0.4, -0.2) is 10.9 Å². The van der Waals surface area contributed by atoms with Crippen LogP contribution in [0.2, 0.25) is 0 Å². The van der Waals surface area contributed by atoms with Crippen molar-refractivity contribution >= 4 is 5.91 Å². The molecule has 1 N–H and O–H groups in total. The van der Waals surface area contributed by atoms with E-state index in [-0.39, 0.29) is 11.9 Å². The van der Waals surface area contributed by atoms with Gasteiger partial charge in [0, 0.05) is 18.8 Å². The van der Waals surface area contributed by atoms with E-state index in [0.29, 0.717) is 12.8 Å². The number of hydrogen-bond acceptors (Lipinski definition) is 2. The van der Waals surface area contributed by atoms with Crippen molar-refractivity contribution in [1.82, 2.24) is 10.3 Å². The van der Waals surface area contributed by atoms with Crippen molar-refractivity contribution in [3.63, 3.8) is 0 Å². The first kappa shape index (κ1) is 16.9. The zero-order valence-electron chi connectivity index (χ0n) is 14.1. The van der Waals surface area contributed by atoms with Gasteiger partial charge in [-0.2, -0.15) is 0 Å². The first-order valence-electron chi connectivity index (χ1n) is 8.58. The summed E-state index contributed by atoms with van der Waals surface area (Å²) in [5.41, 5.74) is 3.42. The molecule has 0 aliphatic heterocycles. The van der Waals surface area contributed by atoms with Crippen LogP contribution in [0, 0.1) is 0 Å². The molecule has 1 unspecified atom stereocenters. The van der Waals surface area contributed by atoms with Gasteiger partial charge in [-0.25, -0.2) is 0 Å². The van der Waals surface area contributed by atoms with E-state index >= 15 is 0 Å². The maximum Gasteiger partial charge on any atom is 0.220 e. The van der Waals surface area contributed by atoms with Crippen molar-refractivity contribution < 1.29 is 4.79 Å². The Labute approximate surface area is 148 Å². The average molecular weight is 330 g/mol. The highest BCUT2D eigenvalue weighted by molar-refractivity contribution is 5.76. The number of rotatable bonds is 7. The summed E-state index contributed by atoms with van der Waals surface area (Å²) in [5.74, 6) is 0.0636. The average Bonchev–Trinajstić information content (AvgIpc) is 2.68. The van der Waals surface area contributed by atoms with E-state index in [4.69, 9.17) is 0 Å². The van der Waals surface area contributed by atoms with Crippen molar-refractivity contribution in [3.05, 3.63) is 102 Å². The van der Waals surface area contributed by atoms with Crippen LogP contribution in [0.15, 0.2) is 85.2 Å². The summed E-state index contributed by atoms with van der Waals surface area (Å²) in [6, 6.07) is 24.3. The highest BCUT2D eigenvalue weighted by Crippen LogP contribution is 2.18. The van der Waals surface area contributed by atoms with Crippen molar-refractivity contribution in [3.8, 4) is 0 Å². The number of pyridine rings is 1. The summed E-state index contributed by atoms with van der Waals surface area (Å²) in [5, 5.41) is 3.19. The number of aromatic nitrogens is 1. The molecule has 3 rings (SSSR count). The van der Waals surface area contributed by atoms with Crippen LogP contribution in [-0.2, 0) is 17.6 Å². The van der Waals surface area contributed by atoms with Crippen molar-refractivity contribution in [2.75, 3.05) is 0 Å². The van der Waals surface area contributed by atoms with Gasteiger partial charge in [-0.1, -0.05) is 66.7 Å². The zero-order valence-corrected chi connectivity index (χ0v) is 14.1. The molecule has 25 heavy (non-hydrogen) atoms. The minimum Gasteiger partial charge on any atom is -0.349 e. The lowest BCUT2D eigenvalue weighted by molar-refractivity contribution is -0.121. The van der Waals surface area contributed by atoms with Crippen LogP contribution in [0.5, 0.6) is 0 Å². The van der Waals surface area contributed by atoms with Gasteiger partial charge in [-0.15, -0.1) is 0 Å². The van der Waals surface area contributed by atoms with E-state index in [1.807, 2.05) is 54.7 Å². The summed E-state index contributed by atoms with van der Waals surface area (Å²) >= 11 is 0. The molecule has 1 heterocycles. The number of hydrogen-bond donors (Lipinski definition) is 1. The van der Waals surface area contributed by atoms with Gasteiger partial charge in [0.2, 0.25) is 5.91 Å². The molecule has 0 aliphatic rings. The topological polar surface area (TPSA) is 42.0 Å². The molecule has 1 atom stereocenters. The third-order valence-corrected chi connectivity index (χ3v) is 4.18. The number of aryl methyl sites for hydroxylation is 1. The molecule has 0 spiro atoms. The lowest BCUT2D eigenvalue weighted by atomic mass is 9.98. The van der Waals surface area contributed by atoms with Crippen LogP contribution in [0.4, 0.5) is 0 Å². The Hall–Kier alpha value is -2.94. The SMILES string of the molecule is O=C(CCc1cccnc1)NC(Cc1ccccc1)c1ccccc1. The molecule has 1 aromatic heterocycles. The largest absolute Gasteiger partial charge is 0.349 e. The summed E-state index contributed by atoms with van der Waals surface area (Å²) in [4.78, 5) is 16.6. The maximum absolute atomic E-state index is 12.5. The molecule has 0 radical (unpaired) electrons. The molecule has 126 valence electrons. The second-order valence-corrected chi connectivity index (χ2v) is 6.08. The number of amides is 1. The maximum atomic E-state index is 12.5. The molecule has 1 amide bonds. The van der Waals surface area contributed by atoms with Gasteiger partial charge in [0.1, 0.15) is 0 Å². The molecule has 0 fully saturated rings. The van der Waals surface area contributed by atoms with Crippen LogP contribution >= 0.6 is 0 Å². The Balaban J connectivity index is 1.66. The monoisotopic (exact) mass is 330 g/mol. The number of nitrogens with one attached hydrogen (secondary N) is 1. The lowest BCUT2D eigenvalue weighted by Crippen LogP contribution is -2.30. The summed E-state index contributed by atoms with van der Waals surface area (Å²) in [7, 11) is 0. The second kappa shape index (κ2) is 8.78. The number of carbonyl (C=O) groups is 1. The first-order chi connectivity index (χ1) is 12.3. The van der Waals surface area contributed by atoms with Crippen LogP contribution < -0.4 is 5.32 Å². The fraction of sp³-hybridized carbons (Fsp3) is 0.182. The second-order valence-electron chi connectivity index (χ2n) is 6.08. The Morgan fingerprint density at radius 2 is 1.56 bits per heavy atom. The highest BCUT2D eigenvalue weighted by Gasteiger charge is 2.15. The van der Waals surface area contributed by atoms with Crippen LogP contribution in [0.25, 0.3) is 0 Å². The minimum absolute atomic E-state index is 0.0231. The number of benzene rings is 2. The van der Waals surface area contributed by atoms with Gasteiger partial charge >= 0.3 is 0 Å². The molecule has 3 aromatic rings. The Bertz CT molecular complexity index is 773. The normalized spacial score (nSPS) is 11.7. The summed E-state index contributed by atoms with van der Waals surface area (Å²) in [6.45, 7) is 0. The van der Waals surface area contributed by atoms with Crippen molar-refractivity contribution in [1.29, 1.82) is 0 Å². The molecule has 0 bridgehead atoms. The number of nitrogens with zero attached hydrogens (tertiary/aromatic N) is 1. The minimum atomic E-state index is -0.0231. The van der Waals surface area contributed by atoms with Gasteiger partial charge in [-0.05, 0) is 35.6 Å². The van der Waals surface area contributed by atoms with Gasteiger partial charge in [-0.3, -0.25) is 9.78 Å². The fourth-order valence-corrected chi connectivity index (χ4v) is 2.86. The smallest absolute Gasteiger partial charge is 0.220 e. The quantitative estimate of drug-likeness (QED) is 0.708. The number of carbonyl (C=O) groups excluding carboxylic acids is 1. The van der Waals surface area contributed by atoms with E-state index in [9.17, 15) is 4.79 Å². The Kier molecular flexibility index (Phi) is 5.94. The van der Waals surface area contributed by atoms with Gasteiger partial charge < -0.3 is 5.32 Å². The van der Waals surface area contributed by atoms with E-state index in [0.717, 1.165) is 17.5 Å². The van der Waals surface area contributed by atoms with Crippen LogP contribution in [0.1, 0.15) is 29.2 Å². The summed E-state index contributed by atoms with van der Waals surface area (Å²) in [6.07, 6.45) is 5.50. The van der Waals surface area contributed by atoms with Crippen molar-refractivity contribution in [2.45, 2.75) is 25.3 Å². The molecule has 2 aromatic carbocycles. The zero-order chi connectivity index (χ0) is 17.3. The third-order valence-electron chi connectivity index (χ3n) is 4.18. The molecule has 3 nitrogen and oxygen atoms in total. The van der Waals surface area contributed by atoms with E-state index in [2.05, 4.69) is 34.6 Å². The molecular weight excluding hydrogens is 308 g/mol.